The van der Waals surface area contributed by atoms with Crippen molar-refractivity contribution in [2.45, 2.75) is 0 Å². The molecule has 0 bridgehead atoms. The van der Waals surface area contributed by atoms with Crippen LogP contribution in [-0.2, 0) is 0 Å². The summed E-state index contributed by atoms with van der Waals surface area (Å²) in [5.74, 6) is 0.105. The molecular formula is C39H26O. The zero-order valence-electron chi connectivity index (χ0n) is 21.9. The van der Waals surface area contributed by atoms with Gasteiger partial charge in [-0.15, -0.1) is 0 Å². The molecule has 1 aliphatic carbocycles. The lowest BCUT2D eigenvalue weighted by Crippen LogP contribution is -1.97. The summed E-state index contributed by atoms with van der Waals surface area (Å²) in [4.78, 5) is 13.1. The summed E-state index contributed by atoms with van der Waals surface area (Å²) in [5, 5.41) is 0. The number of rotatable bonds is 5. The van der Waals surface area contributed by atoms with E-state index in [0.717, 1.165) is 38.9 Å². The molecule has 0 spiro atoms. The Bertz CT molecular complexity index is 1820. The van der Waals surface area contributed by atoms with Gasteiger partial charge in [0.15, 0.2) is 5.78 Å². The maximum atomic E-state index is 13.1. The highest BCUT2D eigenvalue weighted by Gasteiger charge is 2.26. The molecule has 0 saturated carbocycles. The number of hydrogen-bond donors (Lipinski definition) is 0. The number of benzene rings is 6. The molecule has 0 aromatic heterocycles. The number of hydrogen-bond acceptors (Lipinski definition) is 1. The molecular weight excluding hydrogens is 484 g/mol. The molecule has 0 fully saturated rings. The third-order valence-corrected chi connectivity index (χ3v) is 7.67. The minimum atomic E-state index is 0.105. The summed E-state index contributed by atoms with van der Waals surface area (Å²) in [5.41, 5.74) is 12.8. The predicted molar refractivity (Wildman–Crippen MR) is 165 cm³/mol. The van der Waals surface area contributed by atoms with Gasteiger partial charge in [0.1, 0.15) is 0 Å². The molecule has 0 heterocycles. The van der Waals surface area contributed by atoms with Gasteiger partial charge in [-0.25, -0.2) is 0 Å². The molecule has 6 aromatic carbocycles. The van der Waals surface area contributed by atoms with Gasteiger partial charge < -0.3 is 0 Å². The van der Waals surface area contributed by atoms with Crippen LogP contribution in [0.3, 0.4) is 0 Å². The van der Waals surface area contributed by atoms with E-state index in [1.165, 1.54) is 27.8 Å². The van der Waals surface area contributed by atoms with Crippen molar-refractivity contribution in [3.05, 3.63) is 191 Å². The van der Waals surface area contributed by atoms with Crippen molar-refractivity contribution in [2.24, 2.45) is 0 Å². The van der Waals surface area contributed by atoms with Crippen molar-refractivity contribution in [3.63, 3.8) is 0 Å². The van der Waals surface area contributed by atoms with Crippen LogP contribution in [-0.4, -0.2) is 5.78 Å². The number of ketones is 1. The Morgan fingerprint density at radius 1 is 0.325 bits per heavy atom. The van der Waals surface area contributed by atoms with E-state index in [1.807, 2.05) is 30.3 Å². The zero-order valence-corrected chi connectivity index (χ0v) is 21.9. The Hall–Kier alpha value is -5.27. The van der Waals surface area contributed by atoms with Crippen LogP contribution in [0.2, 0.25) is 0 Å². The van der Waals surface area contributed by atoms with Crippen LogP contribution in [0.1, 0.15) is 38.2 Å². The van der Waals surface area contributed by atoms with Crippen molar-refractivity contribution in [1.82, 2.24) is 0 Å². The summed E-state index contributed by atoms with van der Waals surface area (Å²) in [6, 6.07) is 54.7. The molecule has 0 saturated heterocycles. The minimum Gasteiger partial charge on any atom is -0.289 e. The van der Waals surface area contributed by atoms with Gasteiger partial charge in [-0.05, 0) is 61.7 Å². The van der Waals surface area contributed by atoms with E-state index in [2.05, 4.69) is 127 Å². The van der Waals surface area contributed by atoms with E-state index in [-0.39, 0.29) is 5.78 Å². The van der Waals surface area contributed by atoms with Gasteiger partial charge in [-0.3, -0.25) is 4.79 Å². The molecule has 0 unspecified atom stereocenters. The third-order valence-electron chi connectivity index (χ3n) is 7.67. The standard InChI is InChI=1S/C39H26O/c40-39-35-19-11-10-18-33(35)34-25-24-32(26-36(34)39)27-20-22-31(23-21-27)38(30-16-8-3-9-17-30)37(28-12-4-1-5-13-28)29-14-6-2-7-15-29/h1-26H. The smallest absolute Gasteiger partial charge is 0.194 e. The second-order valence-corrected chi connectivity index (χ2v) is 10.1. The van der Waals surface area contributed by atoms with Crippen molar-refractivity contribution >= 4 is 16.9 Å². The van der Waals surface area contributed by atoms with Gasteiger partial charge in [0.25, 0.3) is 0 Å². The maximum Gasteiger partial charge on any atom is 0.194 e. The van der Waals surface area contributed by atoms with Gasteiger partial charge in [-0.2, -0.15) is 0 Å². The van der Waals surface area contributed by atoms with Gasteiger partial charge in [0.2, 0.25) is 0 Å². The number of fused-ring (bicyclic) bond motifs is 3. The largest absolute Gasteiger partial charge is 0.289 e. The van der Waals surface area contributed by atoms with Crippen molar-refractivity contribution in [1.29, 1.82) is 0 Å². The molecule has 6 aromatic rings. The SMILES string of the molecule is O=C1c2ccccc2-c2ccc(-c3ccc(C(=C(c4ccccc4)c4ccccc4)c4ccccc4)cc3)cc21. The molecule has 7 rings (SSSR count). The van der Waals surface area contributed by atoms with Crippen LogP contribution < -0.4 is 0 Å². The summed E-state index contributed by atoms with van der Waals surface area (Å²) in [6.07, 6.45) is 0. The number of carbonyl (C=O) groups excluding carboxylic acids is 1. The van der Waals surface area contributed by atoms with Crippen LogP contribution in [0.5, 0.6) is 0 Å². The molecule has 188 valence electrons. The Labute approximate surface area is 234 Å². The quantitative estimate of drug-likeness (QED) is 0.211. The fraction of sp³-hybridized carbons (Fsp3) is 0. The molecule has 0 N–H and O–H groups in total. The molecule has 0 aliphatic heterocycles. The Morgan fingerprint density at radius 3 is 1.25 bits per heavy atom. The van der Waals surface area contributed by atoms with Gasteiger partial charge in [0, 0.05) is 11.1 Å². The monoisotopic (exact) mass is 510 g/mol. The van der Waals surface area contributed by atoms with Crippen LogP contribution in [0, 0.1) is 0 Å². The Kier molecular flexibility index (Phi) is 6.03. The van der Waals surface area contributed by atoms with E-state index < -0.39 is 0 Å². The first kappa shape index (κ1) is 23.8. The minimum absolute atomic E-state index is 0.105. The summed E-state index contributed by atoms with van der Waals surface area (Å²) in [6.45, 7) is 0. The molecule has 1 aliphatic rings. The second-order valence-electron chi connectivity index (χ2n) is 10.1. The fourth-order valence-corrected chi connectivity index (χ4v) is 5.76. The average Bonchev–Trinajstić information content (AvgIpc) is 3.32. The second kappa shape index (κ2) is 10.1. The van der Waals surface area contributed by atoms with Crippen molar-refractivity contribution < 1.29 is 4.79 Å². The first-order valence-electron chi connectivity index (χ1n) is 13.6. The normalized spacial score (nSPS) is 11.6. The molecule has 0 amide bonds. The van der Waals surface area contributed by atoms with E-state index >= 15 is 0 Å². The lowest BCUT2D eigenvalue weighted by atomic mass is 9.85. The topological polar surface area (TPSA) is 17.1 Å². The van der Waals surface area contributed by atoms with Crippen LogP contribution in [0.25, 0.3) is 33.4 Å². The van der Waals surface area contributed by atoms with Crippen LogP contribution in [0.4, 0.5) is 0 Å². The number of carbonyl (C=O) groups is 1. The zero-order chi connectivity index (χ0) is 26.9. The van der Waals surface area contributed by atoms with Gasteiger partial charge in [0.05, 0.1) is 0 Å². The van der Waals surface area contributed by atoms with Crippen LogP contribution >= 0.6 is 0 Å². The Balaban J connectivity index is 1.36. The lowest BCUT2D eigenvalue weighted by molar-refractivity contribution is 0.104. The van der Waals surface area contributed by atoms with E-state index in [4.69, 9.17) is 0 Å². The highest BCUT2D eigenvalue weighted by atomic mass is 16.1. The molecule has 40 heavy (non-hydrogen) atoms. The molecule has 1 heteroatoms. The molecule has 1 nitrogen and oxygen atoms in total. The summed E-state index contributed by atoms with van der Waals surface area (Å²) in [7, 11) is 0. The highest BCUT2D eigenvalue weighted by Crippen LogP contribution is 2.40. The third kappa shape index (κ3) is 4.19. The van der Waals surface area contributed by atoms with E-state index in [9.17, 15) is 4.79 Å². The lowest BCUT2D eigenvalue weighted by Gasteiger charge is -2.18. The highest BCUT2D eigenvalue weighted by molar-refractivity contribution is 6.22. The predicted octanol–water partition coefficient (Wildman–Crippen LogP) is 9.57. The van der Waals surface area contributed by atoms with Crippen LogP contribution in [0.15, 0.2) is 158 Å². The summed E-state index contributed by atoms with van der Waals surface area (Å²) >= 11 is 0. The van der Waals surface area contributed by atoms with Crippen molar-refractivity contribution in [3.8, 4) is 22.3 Å². The van der Waals surface area contributed by atoms with E-state index in [1.54, 1.807) is 0 Å². The Morgan fingerprint density at radius 2 is 0.725 bits per heavy atom. The first-order chi connectivity index (χ1) is 19.8. The molecule has 0 atom stereocenters. The summed E-state index contributed by atoms with van der Waals surface area (Å²) < 4.78 is 0. The van der Waals surface area contributed by atoms with Crippen molar-refractivity contribution in [2.75, 3.05) is 0 Å². The van der Waals surface area contributed by atoms with Gasteiger partial charge >= 0.3 is 0 Å². The van der Waals surface area contributed by atoms with E-state index in [0.29, 0.717) is 0 Å². The fourth-order valence-electron chi connectivity index (χ4n) is 5.76. The first-order valence-corrected chi connectivity index (χ1v) is 13.6. The molecule has 0 radical (unpaired) electrons. The average molecular weight is 511 g/mol. The maximum absolute atomic E-state index is 13.1. The van der Waals surface area contributed by atoms with Gasteiger partial charge in [-0.1, -0.05) is 152 Å².